The van der Waals surface area contributed by atoms with E-state index in [4.69, 9.17) is 0 Å². The van der Waals surface area contributed by atoms with Crippen LogP contribution in [0.15, 0.2) is 34.1 Å². The molecule has 4 nitrogen and oxygen atoms in total. The van der Waals surface area contributed by atoms with Crippen LogP contribution in [0.1, 0.15) is 11.1 Å². The summed E-state index contributed by atoms with van der Waals surface area (Å²) in [5, 5.41) is 10.5. The van der Waals surface area contributed by atoms with Crippen LogP contribution in [-0.2, 0) is 11.3 Å². The first-order valence-electron chi connectivity index (χ1n) is 5.46. The number of hydrogen-bond acceptors (Lipinski definition) is 5. The molecule has 1 amide bonds. The number of nitrogens with zero attached hydrogens (tertiary/aromatic N) is 2. The number of carbonyl (C=O) groups is 1. The molecule has 6 heteroatoms. The average molecular weight is 279 g/mol. The van der Waals surface area contributed by atoms with Gasteiger partial charge in [0.15, 0.2) is 4.34 Å². The molecule has 1 aromatic heterocycles. The van der Waals surface area contributed by atoms with Crippen molar-refractivity contribution >= 4 is 29.0 Å². The molecule has 0 radical (unpaired) electrons. The van der Waals surface area contributed by atoms with Gasteiger partial charge in [0.25, 0.3) is 0 Å². The molecule has 18 heavy (non-hydrogen) atoms. The molecule has 1 N–H and O–H groups in total. The van der Waals surface area contributed by atoms with Crippen molar-refractivity contribution in [1.82, 2.24) is 15.5 Å². The van der Waals surface area contributed by atoms with E-state index >= 15 is 0 Å². The minimum atomic E-state index is 0.0125. The molecule has 0 atom stereocenters. The number of benzene rings is 1. The van der Waals surface area contributed by atoms with E-state index in [1.807, 2.05) is 31.2 Å². The lowest BCUT2D eigenvalue weighted by molar-refractivity contribution is -0.118. The summed E-state index contributed by atoms with van der Waals surface area (Å²) in [6.45, 7) is 2.61. The summed E-state index contributed by atoms with van der Waals surface area (Å²) in [5.41, 5.74) is 3.99. The second-order valence-electron chi connectivity index (χ2n) is 3.70. The third kappa shape index (κ3) is 3.82. The van der Waals surface area contributed by atoms with E-state index in [0.717, 1.165) is 9.90 Å². The Morgan fingerprint density at radius 3 is 3.00 bits per heavy atom. The number of aryl methyl sites for hydroxylation is 1. The van der Waals surface area contributed by atoms with E-state index < -0.39 is 0 Å². The zero-order chi connectivity index (χ0) is 12.8. The Balaban J connectivity index is 1.77. The summed E-state index contributed by atoms with van der Waals surface area (Å²) < 4.78 is 0.820. The van der Waals surface area contributed by atoms with E-state index in [-0.39, 0.29) is 5.91 Å². The molecular formula is C12H13N3OS2. The maximum atomic E-state index is 11.6. The highest BCUT2D eigenvalue weighted by atomic mass is 32.2. The number of nitrogens with one attached hydrogen (secondary N) is 1. The zero-order valence-electron chi connectivity index (χ0n) is 9.92. The maximum absolute atomic E-state index is 11.6. The molecule has 0 unspecified atom stereocenters. The molecule has 94 valence electrons. The van der Waals surface area contributed by atoms with E-state index in [9.17, 15) is 4.79 Å². The minimum Gasteiger partial charge on any atom is -0.351 e. The van der Waals surface area contributed by atoms with Crippen LogP contribution in [-0.4, -0.2) is 21.9 Å². The van der Waals surface area contributed by atoms with Gasteiger partial charge < -0.3 is 5.32 Å². The van der Waals surface area contributed by atoms with Crippen LogP contribution in [0.5, 0.6) is 0 Å². The number of amides is 1. The Labute approximate surface area is 114 Å². The maximum Gasteiger partial charge on any atom is 0.230 e. The molecule has 2 aromatic rings. The van der Waals surface area contributed by atoms with Crippen molar-refractivity contribution in [2.24, 2.45) is 0 Å². The summed E-state index contributed by atoms with van der Waals surface area (Å²) in [5.74, 6) is 0.389. The third-order valence-electron chi connectivity index (χ3n) is 2.40. The van der Waals surface area contributed by atoms with Crippen LogP contribution in [0.25, 0.3) is 0 Å². The fourth-order valence-corrected chi connectivity index (χ4v) is 2.72. The van der Waals surface area contributed by atoms with Crippen molar-refractivity contribution < 1.29 is 4.79 Å². The average Bonchev–Trinajstić information content (AvgIpc) is 2.88. The molecule has 0 bridgehead atoms. The summed E-state index contributed by atoms with van der Waals surface area (Å²) in [6.07, 6.45) is 0. The molecule has 0 aliphatic heterocycles. The van der Waals surface area contributed by atoms with Gasteiger partial charge in [0, 0.05) is 6.54 Å². The van der Waals surface area contributed by atoms with Gasteiger partial charge in [-0.15, -0.1) is 10.2 Å². The highest BCUT2D eigenvalue weighted by Gasteiger charge is 2.05. The fourth-order valence-electron chi connectivity index (χ4n) is 1.41. The van der Waals surface area contributed by atoms with E-state index in [1.165, 1.54) is 28.7 Å². The van der Waals surface area contributed by atoms with Crippen molar-refractivity contribution in [1.29, 1.82) is 0 Å². The Bertz CT molecular complexity index is 514. The first-order valence-corrected chi connectivity index (χ1v) is 7.32. The predicted molar refractivity (Wildman–Crippen MR) is 73.7 cm³/mol. The fraction of sp³-hybridized carbons (Fsp3) is 0.250. The summed E-state index contributed by atoms with van der Waals surface area (Å²) in [7, 11) is 0. The van der Waals surface area contributed by atoms with Crippen molar-refractivity contribution in [3.63, 3.8) is 0 Å². The first-order chi connectivity index (χ1) is 8.75. The topological polar surface area (TPSA) is 54.9 Å². The van der Waals surface area contributed by atoms with Crippen LogP contribution in [0, 0.1) is 6.92 Å². The smallest absolute Gasteiger partial charge is 0.230 e. The van der Waals surface area contributed by atoms with Gasteiger partial charge >= 0.3 is 0 Å². The van der Waals surface area contributed by atoms with Crippen molar-refractivity contribution in [2.75, 3.05) is 5.75 Å². The standard InChI is InChI=1S/C12H13N3OS2/c1-9-4-2-3-5-10(9)6-13-11(16)7-17-12-15-14-8-18-12/h2-5,8H,6-7H2,1H3,(H,13,16). The van der Waals surface area contributed by atoms with Gasteiger partial charge in [-0.25, -0.2) is 0 Å². The van der Waals surface area contributed by atoms with Crippen molar-refractivity contribution in [2.45, 2.75) is 17.8 Å². The molecule has 2 rings (SSSR count). The lowest BCUT2D eigenvalue weighted by atomic mass is 10.1. The van der Waals surface area contributed by atoms with Crippen LogP contribution >= 0.6 is 23.1 Å². The molecule has 1 aromatic carbocycles. The highest BCUT2D eigenvalue weighted by Crippen LogP contribution is 2.18. The molecule has 1 heterocycles. The monoisotopic (exact) mass is 279 g/mol. The Hall–Kier alpha value is -1.40. The highest BCUT2D eigenvalue weighted by molar-refractivity contribution is 8.01. The number of thioether (sulfide) groups is 1. The number of rotatable bonds is 5. The molecule has 0 spiro atoms. The van der Waals surface area contributed by atoms with E-state index in [2.05, 4.69) is 15.5 Å². The van der Waals surface area contributed by atoms with Gasteiger partial charge in [-0.05, 0) is 18.1 Å². The van der Waals surface area contributed by atoms with Gasteiger partial charge in [0.1, 0.15) is 5.51 Å². The molecule has 0 saturated heterocycles. The summed E-state index contributed by atoms with van der Waals surface area (Å²) >= 11 is 2.85. The van der Waals surface area contributed by atoms with Crippen LogP contribution < -0.4 is 5.32 Å². The molecule has 0 fully saturated rings. The Morgan fingerprint density at radius 1 is 1.44 bits per heavy atom. The van der Waals surface area contributed by atoms with E-state index in [1.54, 1.807) is 5.51 Å². The summed E-state index contributed by atoms with van der Waals surface area (Å²) in [4.78, 5) is 11.6. The molecule has 0 saturated carbocycles. The van der Waals surface area contributed by atoms with Crippen molar-refractivity contribution in [3.05, 3.63) is 40.9 Å². The van der Waals surface area contributed by atoms with Gasteiger partial charge in [0.2, 0.25) is 5.91 Å². The number of hydrogen-bond donors (Lipinski definition) is 1. The van der Waals surface area contributed by atoms with E-state index in [0.29, 0.717) is 12.3 Å². The predicted octanol–water partition coefficient (Wildman–Crippen LogP) is 2.26. The Kier molecular flexibility index (Phi) is 4.72. The van der Waals surface area contributed by atoms with Gasteiger partial charge in [-0.2, -0.15) is 0 Å². The third-order valence-corrected chi connectivity index (χ3v) is 4.26. The SMILES string of the molecule is Cc1ccccc1CNC(=O)CSc1nncs1. The normalized spacial score (nSPS) is 10.3. The number of carbonyl (C=O) groups excluding carboxylic acids is 1. The van der Waals surface area contributed by atoms with Crippen LogP contribution in [0.2, 0.25) is 0 Å². The van der Waals surface area contributed by atoms with Crippen molar-refractivity contribution in [3.8, 4) is 0 Å². The quantitative estimate of drug-likeness (QED) is 0.853. The lowest BCUT2D eigenvalue weighted by Crippen LogP contribution is -2.24. The lowest BCUT2D eigenvalue weighted by Gasteiger charge is -2.06. The van der Waals surface area contributed by atoms with Crippen LogP contribution in [0.3, 0.4) is 0 Å². The zero-order valence-corrected chi connectivity index (χ0v) is 11.6. The Morgan fingerprint density at radius 2 is 2.28 bits per heavy atom. The minimum absolute atomic E-state index is 0.0125. The second-order valence-corrected chi connectivity index (χ2v) is 5.75. The number of aromatic nitrogens is 2. The first kappa shape index (κ1) is 13.0. The van der Waals surface area contributed by atoms with Gasteiger partial charge in [0.05, 0.1) is 5.75 Å². The van der Waals surface area contributed by atoms with Crippen LogP contribution in [0.4, 0.5) is 0 Å². The summed E-state index contributed by atoms with van der Waals surface area (Å²) in [6, 6.07) is 8.03. The van der Waals surface area contributed by atoms with Gasteiger partial charge in [-0.3, -0.25) is 4.79 Å². The second kappa shape index (κ2) is 6.51. The molecule has 0 aliphatic carbocycles. The molecular weight excluding hydrogens is 266 g/mol. The van der Waals surface area contributed by atoms with Gasteiger partial charge in [-0.1, -0.05) is 47.4 Å². The largest absolute Gasteiger partial charge is 0.351 e. The molecule has 0 aliphatic rings.